The molecular weight excluding hydrogens is 585 g/mol. The molecule has 0 radical (unpaired) electrons. The number of imidazole rings is 1. The number of aryl methyl sites for hydroxylation is 1. The number of ether oxygens (including phenoxy) is 1. The van der Waals surface area contributed by atoms with Crippen molar-refractivity contribution >= 4 is 44.7 Å². The summed E-state index contributed by atoms with van der Waals surface area (Å²) in [6.07, 6.45) is 1.87. The smallest absolute Gasteiger partial charge is 0.145 e. The number of para-hydroxylation sites is 2. The molecule has 1 aliphatic rings. The minimum Gasteiger partial charge on any atom is -0.457 e. The molecule has 0 bridgehead atoms. The van der Waals surface area contributed by atoms with E-state index in [-0.39, 0.29) is 5.41 Å². The molecule has 0 N–H and O–H groups in total. The first-order valence-electron chi connectivity index (χ1n) is 15.5. The molecule has 0 spiro atoms. The van der Waals surface area contributed by atoms with Gasteiger partial charge in [0.25, 0.3) is 0 Å². The van der Waals surface area contributed by atoms with E-state index in [0.717, 1.165) is 56.2 Å². The van der Waals surface area contributed by atoms with Gasteiger partial charge in [-0.1, -0.05) is 74.1 Å². The van der Waals surface area contributed by atoms with Crippen LogP contribution in [0.3, 0.4) is 0 Å². The zero-order valence-corrected chi connectivity index (χ0v) is 26.5. The van der Waals surface area contributed by atoms with Crippen LogP contribution in [0.5, 0.6) is 11.5 Å². The van der Waals surface area contributed by atoms with Gasteiger partial charge < -0.3 is 9.30 Å². The summed E-state index contributed by atoms with van der Waals surface area (Å²) >= 11 is 1.85. The normalized spacial score (nSPS) is 13.6. The summed E-state index contributed by atoms with van der Waals surface area (Å²) < 4.78 is 10.9. The first kappa shape index (κ1) is 27.0. The fraction of sp³-hybridized carbons (Fsp3) is 0.100. The Morgan fingerprint density at radius 3 is 2.37 bits per heavy atom. The number of hydrogen-bond acceptors (Lipinski definition) is 4. The van der Waals surface area contributed by atoms with Gasteiger partial charge in [-0.3, -0.25) is 4.57 Å². The molecule has 0 aliphatic carbocycles. The summed E-state index contributed by atoms with van der Waals surface area (Å²) in [6.45, 7) is 4.67. The maximum Gasteiger partial charge on any atom is 0.145 e. The van der Waals surface area contributed by atoms with E-state index in [1.807, 2.05) is 66.5 Å². The van der Waals surface area contributed by atoms with Crippen molar-refractivity contribution in [3.8, 4) is 28.6 Å². The quantitative estimate of drug-likeness (QED) is 0.198. The zero-order chi connectivity index (χ0) is 31.0. The Kier molecular flexibility index (Phi) is 5.93. The van der Waals surface area contributed by atoms with Gasteiger partial charge >= 0.3 is 0 Å². The highest BCUT2D eigenvalue weighted by atomic mass is 32.2. The molecule has 1 aliphatic heterocycles. The number of rotatable bonds is 4. The van der Waals surface area contributed by atoms with Crippen LogP contribution < -0.4 is 4.74 Å². The van der Waals surface area contributed by atoms with Crippen LogP contribution in [0.2, 0.25) is 0 Å². The Hall–Kier alpha value is -5.33. The van der Waals surface area contributed by atoms with Crippen LogP contribution in [0.4, 0.5) is 0 Å². The third-order valence-corrected chi connectivity index (χ3v) is 10.4. The molecule has 0 unspecified atom stereocenters. The van der Waals surface area contributed by atoms with Crippen LogP contribution >= 0.6 is 11.8 Å². The van der Waals surface area contributed by atoms with Crippen molar-refractivity contribution < 1.29 is 4.74 Å². The minimum absolute atomic E-state index is 0.105. The average molecular weight is 615 g/mol. The van der Waals surface area contributed by atoms with Gasteiger partial charge in [0.1, 0.15) is 23.0 Å². The summed E-state index contributed by atoms with van der Waals surface area (Å²) in [4.78, 5) is 12.4. The number of benzene rings is 5. The van der Waals surface area contributed by atoms with Gasteiger partial charge in [0.2, 0.25) is 0 Å². The number of nitrogens with zero attached hydrogens (tertiary/aromatic N) is 4. The molecule has 0 atom stereocenters. The predicted molar refractivity (Wildman–Crippen MR) is 187 cm³/mol. The Bertz CT molecular complexity index is 2490. The summed E-state index contributed by atoms with van der Waals surface area (Å²) in [5.74, 6) is 2.42. The van der Waals surface area contributed by atoms with E-state index in [0.29, 0.717) is 0 Å². The van der Waals surface area contributed by atoms with Crippen molar-refractivity contribution in [1.82, 2.24) is 19.1 Å². The van der Waals surface area contributed by atoms with Gasteiger partial charge in [0.15, 0.2) is 0 Å². The summed E-state index contributed by atoms with van der Waals surface area (Å²) in [6, 6.07) is 42.3. The largest absolute Gasteiger partial charge is 0.457 e. The van der Waals surface area contributed by atoms with E-state index in [1.54, 1.807) is 0 Å². The van der Waals surface area contributed by atoms with Gasteiger partial charge in [-0.25, -0.2) is 9.97 Å². The molecule has 0 fully saturated rings. The monoisotopic (exact) mass is 614 g/mol. The van der Waals surface area contributed by atoms with Crippen molar-refractivity contribution in [2.45, 2.75) is 29.1 Å². The standard InChI is InChI=1S/C40H30N4OS/c1-40(2)31-16-4-7-19-36(31)46-37-24-35-30(23-32(37)40)29-15-10-20-41-39(29)44(35)26-12-9-14-28(22-26)45-27-13-8-11-25(21-27)38-42-33-17-5-6-18-34(33)43(38)3/h4-24H,1-3H3. The van der Waals surface area contributed by atoms with E-state index in [4.69, 9.17) is 14.7 Å². The Balaban J connectivity index is 1.14. The van der Waals surface area contributed by atoms with Crippen LogP contribution in [-0.4, -0.2) is 19.1 Å². The lowest BCUT2D eigenvalue weighted by molar-refractivity contribution is 0.482. The fourth-order valence-electron chi connectivity index (χ4n) is 6.96. The van der Waals surface area contributed by atoms with Gasteiger partial charge in [0, 0.05) is 50.9 Å². The van der Waals surface area contributed by atoms with Crippen LogP contribution in [-0.2, 0) is 12.5 Å². The number of hydrogen-bond donors (Lipinski definition) is 0. The Labute approximate surface area is 271 Å². The number of aromatic nitrogens is 4. The molecule has 0 saturated heterocycles. The molecule has 8 aromatic rings. The molecule has 46 heavy (non-hydrogen) atoms. The zero-order valence-electron chi connectivity index (χ0n) is 25.7. The molecule has 222 valence electrons. The number of fused-ring (bicyclic) bond motifs is 6. The molecule has 4 heterocycles. The van der Waals surface area contributed by atoms with E-state index in [9.17, 15) is 0 Å². The van der Waals surface area contributed by atoms with E-state index >= 15 is 0 Å². The average Bonchev–Trinajstić information content (AvgIpc) is 3.59. The molecule has 0 saturated carbocycles. The van der Waals surface area contributed by atoms with Crippen LogP contribution in [0.15, 0.2) is 137 Å². The summed E-state index contributed by atoms with van der Waals surface area (Å²) in [5.41, 5.74) is 8.77. The van der Waals surface area contributed by atoms with Crippen molar-refractivity contribution in [3.05, 3.63) is 139 Å². The van der Waals surface area contributed by atoms with Gasteiger partial charge in [0.05, 0.1) is 22.2 Å². The fourth-order valence-corrected chi connectivity index (χ4v) is 8.37. The van der Waals surface area contributed by atoms with Gasteiger partial charge in [-0.15, -0.1) is 0 Å². The predicted octanol–water partition coefficient (Wildman–Crippen LogP) is 10.3. The second-order valence-electron chi connectivity index (χ2n) is 12.4. The maximum absolute atomic E-state index is 6.50. The SMILES string of the molecule is Cn1c(-c2cccc(Oc3cccc(-n4c5cc6c(cc5c5cccnc54)C(C)(C)c4ccccc4S6)c3)c2)nc2ccccc21. The van der Waals surface area contributed by atoms with Gasteiger partial charge in [-0.2, -0.15) is 0 Å². The lowest BCUT2D eigenvalue weighted by Crippen LogP contribution is -2.23. The molecule has 3 aromatic heterocycles. The first-order chi connectivity index (χ1) is 22.5. The van der Waals surface area contributed by atoms with Crippen LogP contribution in [0.1, 0.15) is 25.0 Å². The van der Waals surface area contributed by atoms with E-state index in [1.165, 1.54) is 26.3 Å². The second-order valence-corrected chi connectivity index (χ2v) is 13.5. The van der Waals surface area contributed by atoms with Crippen molar-refractivity contribution in [3.63, 3.8) is 0 Å². The molecule has 0 amide bonds. The third kappa shape index (κ3) is 4.10. The Morgan fingerprint density at radius 1 is 0.674 bits per heavy atom. The summed E-state index contributed by atoms with van der Waals surface area (Å²) in [5, 5.41) is 2.35. The lowest BCUT2D eigenvalue weighted by Gasteiger charge is -2.34. The lowest BCUT2D eigenvalue weighted by atomic mass is 9.77. The third-order valence-electron chi connectivity index (χ3n) is 9.27. The molecule has 6 heteroatoms. The number of pyridine rings is 1. The van der Waals surface area contributed by atoms with Crippen molar-refractivity contribution in [2.24, 2.45) is 7.05 Å². The molecular formula is C40H30N4OS. The van der Waals surface area contributed by atoms with E-state index in [2.05, 4.69) is 103 Å². The maximum atomic E-state index is 6.50. The first-order valence-corrected chi connectivity index (χ1v) is 16.3. The summed E-state index contributed by atoms with van der Waals surface area (Å²) in [7, 11) is 2.05. The van der Waals surface area contributed by atoms with Crippen LogP contribution in [0, 0.1) is 0 Å². The Morgan fingerprint density at radius 2 is 1.48 bits per heavy atom. The highest BCUT2D eigenvalue weighted by Crippen LogP contribution is 2.51. The minimum atomic E-state index is -0.105. The highest BCUT2D eigenvalue weighted by molar-refractivity contribution is 7.99. The topological polar surface area (TPSA) is 44.9 Å². The highest BCUT2D eigenvalue weighted by Gasteiger charge is 2.34. The van der Waals surface area contributed by atoms with Crippen molar-refractivity contribution in [2.75, 3.05) is 0 Å². The molecule has 5 aromatic carbocycles. The van der Waals surface area contributed by atoms with Crippen molar-refractivity contribution in [1.29, 1.82) is 0 Å². The second kappa shape index (κ2) is 10.1. The molecule has 9 rings (SSSR count). The van der Waals surface area contributed by atoms with E-state index < -0.39 is 0 Å². The molecule has 5 nitrogen and oxygen atoms in total. The van der Waals surface area contributed by atoms with Gasteiger partial charge in [-0.05, 0) is 77.9 Å². The van der Waals surface area contributed by atoms with Crippen LogP contribution in [0.25, 0.3) is 50.0 Å².